The van der Waals surface area contributed by atoms with Crippen molar-refractivity contribution in [1.82, 2.24) is 10.3 Å². The minimum atomic E-state index is -0.302. The first-order valence-electron chi connectivity index (χ1n) is 6.80. The van der Waals surface area contributed by atoms with E-state index < -0.39 is 0 Å². The highest BCUT2D eigenvalue weighted by molar-refractivity contribution is 5.99. The third-order valence-corrected chi connectivity index (χ3v) is 3.30. The topological polar surface area (TPSA) is 71.4 Å². The number of aromatic nitrogens is 1. The quantitative estimate of drug-likeness (QED) is 0.851. The summed E-state index contributed by atoms with van der Waals surface area (Å²) in [6.07, 6.45) is 4.14. The average Bonchev–Trinajstić information content (AvgIpc) is 2.53. The molecular weight excluding hydrogens is 266 g/mol. The van der Waals surface area contributed by atoms with Crippen molar-refractivity contribution in [2.45, 2.75) is 26.3 Å². The van der Waals surface area contributed by atoms with Crippen molar-refractivity contribution in [1.29, 1.82) is 0 Å². The lowest BCUT2D eigenvalue weighted by Crippen LogP contribution is -2.28. The zero-order chi connectivity index (χ0) is 15.2. The van der Waals surface area contributed by atoms with E-state index in [0.717, 1.165) is 17.5 Å². The lowest BCUT2D eigenvalue weighted by atomic mass is 10.0. The Hall–Kier alpha value is -2.56. The number of benzene rings is 1. The van der Waals surface area contributed by atoms with E-state index in [4.69, 9.17) is 0 Å². The van der Waals surface area contributed by atoms with Gasteiger partial charge < -0.3 is 5.32 Å². The molecule has 1 heterocycles. The van der Waals surface area contributed by atoms with E-state index in [0.29, 0.717) is 5.56 Å². The van der Waals surface area contributed by atoms with Gasteiger partial charge in [-0.05, 0) is 42.3 Å². The van der Waals surface area contributed by atoms with Gasteiger partial charge in [0.05, 0.1) is 11.6 Å². The van der Waals surface area contributed by atoms with E-state index in [1.807, 2.05) is 26.0 Å². The Morgan fingerprint density at radius 1 is 1.38 bits per heavy atom. The van der Waals surface area contributed by atoms with Crippen LogP contribution in [0.25, 0.3) is 0 Å². The van der Waals surface area contributed by atoms with Crippen LogP contribution in [0.5, 0.6) is 0 Å². The largest absolute Gasteiger partial charge is 0.345 e. The number of hydrogen-bond donors (Lipinski definition) is 1. The van der Waals surface area contributed by atoms with Crippen molar-refractivity contribution in [2.75, 3.05) is 0 Å². The van der Waals surface area contributed by atoms with Crippen LogP contribution >= 0.6 is 0 Å². The van der Waals surface area contributed by atoms with Gasteiger partial charge in [-0.3, -0.25) is 9.78 Å². The Morgan fingerprint density at radius 2 is 2.19 bits per heavy atom. The van der Waals surface area contributed by atoms with Crippen LogP contribution in [0.3, 0.4) is 0 Å². The van der Waals surface area contributed by atoms with Crippen molar-refractivity contribution in [3.63, 3.8) is 0 Å². The number of carbonyl (C=O) groups is 1. The minimum absolute atomic E-state index is 0.147. The molecule has 0 aliphatic heterocycles. The second-order valence-corrected chi connectivity index (χ2v) is 4.83. The fourth-order valence-corrected chi connectivity index (χ4v) is 2.15. The van der Waals surface area contributed by atoms with Crippen molar-refractivity contribution < 1.29 is 4.79 Å². The summed E-state index contributed by atoms with van der Waals surface area (Å²) >= 11 is 0. The molecule has 1 N–H and O–H groups in total. The zero-order valence-electron chi connectivity index (χ0n) is 12.0. The number of nitrogens with one attached hydrogen (secondary N) is 1. The van der Waals surface area contributed by atoms with E-state index in [1.54, 1.807) is 30.6 Å². The lowest BCUT2D eigenvalue weighted by Gasteiger charge is -2.17. The molecule has 0 bridgehead atoms. The Bertz CT molecular complexity index is 641. The molecule has 0 fully saturated rings. The van der Waals surface area contributed by atoms with Gasteiger partial charge in [-0.1, -0.05) is 24.6 Å². The van der Waals surface area contributed by atoms with Crippen LogP contribution in [-0.2, 0) is 0 Å². The smallest absolute Gasteiger partial charge is 0.254 e. The van der Waals surface area contributed by atoms with E-state index in [2.05, 4.69) is 15.5 Å². The van der Waals surface area contributed by atoms with Crippen LogP contribution in [0.2, 0.25) is 0 Å². The van der Waals surface area contributed by atoms with Gasteiger partial charge in [0.15, 0.2) is 0 Å². The summed E-state index contributed by atoms with van der Waals surface area (Å²) in [5.74, 6) is -0.302. The van der Waals surface area contributed by atoms with E-state index in [-0.39, 0.29) is 17.6 Å². The Balaban J connectivity index is 2.24. The number of nitrogens with zero attached hydrogens (tertiary/aromatic N) is 2. The molecule has 0 saturated heterocycles. The van der Waals surface area contributed by atoms with E-state index >= 15 is 0 Å². The van der Waals surface area contributed by atoms with Crippen molar-refractivity contribution >= 4 is 11.6 Å². The van der Waals surface area contributed by atoms with Crippen LogP contribution in [0.4, 0.5) is 5.69 Å². The summed E-state index contributed by atoms with van der Waals surface area (Å²) in [5, 5.41) is 5.84. The normalized spacial score (nSPS) is 11.7. The van der Waals surface area contributed by atoms with Crippen molar-refractivity contribution in [2.24, 2.45) is 5.18 Å². The Morgan fingerprint density at radius 3 is 2.81 bits per heavy atom. The van der Waals surface area contributed by atoms with Crippen LogP contribution in [0.1, 0.15) is 40.9 Å². The lowest BCUT2D eigenvalue weighted by molar-refractivity contribution is 0.0936. The Kier molecular flexibility index (Phi) is 4.77. The summed E-state index contributed by atoms with van der Waals surface area (Å²) in [4.78, 5) is 27.3. The molecule has 0 saturated carbocycles. The number of amides is 1. The summed E-state index contributed by atoms with van der Waals surface area (Å²) in [6, 6.07) is 8.58. The molecule has 1 aromatic carbocycles. The predicted molar refractivity (Wildman–Crippen MR) is 81.4 cm³/mol. The number of aryl methyl sites for hydroxylation is 1. The molecule has 1 amide bonds. The first kappa shape index (κ1) is 14.8. The number of pyridine rings is 1. The zero-order valence-corrected chi connectivity index (χ0v) is 12.0. The third-order valence-electron chi connectivity index (χ3n) is 3.30. The first-order chi connectivity index (χ1) is 10.2. The molecule has 2 rings (SSSR count). The van der Waals surface area contributed by atoms with Gasteiger partial charge in [-0.2, -0.15) is 0 Å². The van der Waals surface area contributed by atoms with Crippen molar-refractivity contribution in [3.05, 3.63) is 64.3 Å². The molecule has 108 valence electrons. The highest BCUT2D eigenvalue weighted by atomic mass is 16.3. The highest BCUT2D eigenvalue weighted by Crippen LogP contribution is 2.22. The van der Waals surface area contributed by atoms with Gasteiger partial charge in [-0.25, -0.2) is 0 Å². The van der Waals surface area contributed by atoms with Gasteiger partial charge >= 0.3 is 0 Å². The maximum absolute atomic E-state index is 12.4. The van der Waals surface area contributed by atoms with Crippen LogP contribution in [-0.4, -0.2) is 10.9 Å². The molecule has 21 heavy (non-hydrogen) atoms. The second-order valence-electron chi connectivity index (χ2n) is 4.83. The molecule has 0 spiro atoms. The molecule has 1 aromatic heterocycles. The molecule has 5 nitrogen and oxygen atoms in total. The standard InChI is InChI=1S/C16H17N3O2/c1-3-14(12-5-4-8-17-10-12)18-16(20)13-9-11(2)6-7-15(13)19-21/h4-10,14H,3H2,1-2H3,(H,18,20). The summed E-state index contributed by atoms with van der Waals surface area (Å²) in [5.41, 5.74) is 2.29. The van der Waals surface area contributed by atoms with Crippen molar-refractivity contribution in [3.8, 4) is 0 Å². The molecule has 0 radical (unpaired) electrons. The van der Waals surface area contributed by atoms with E-state index in [1.165, 1.54) is 0 Å². The summed E-state index contributed by atoms with van der Waals surface area (Å²) in [7, 11) is 0. The molecule has 5 heteroatoms. The highest BCUT2D eigenvalue weighted by Gasteiger charge is 2.17. The molecule has 1 atom stereocenters. The van der Waals surface area contributed by atoms with Crippen LogP contribution in [0, 0.1) is 11.8 Å². The number of rotatable bonds is 5. The number of nitroso groups, excluding NO2 is 1. The van der Waals surface area contributed by atoms with Gasteiger partial charge in [0.1, 0.15) is 5.69 Å². The predicted octanol–water partition coefficient (Wildman–Crippen LogP) is 3.67. The van der Waals surface area contributed by atoms with Gasteiger partial charge in [0, 0.05) is 12.4 Å². The van der Waals surface area contributed by atoms with Gasteiger partial charge in [-0.15, -0.1) is 4.91 Å². The SMILES string of the molecule is CCC(NC(=O)c1cc(C)ccc1N=O)c1cccnc1. The maximum Gasteiger partial charge on any atom is 0.254 e. The Labute approximate surface area is 123 Å². The summed E-state index contributed by atoms with van der Waals surface area (Å²) < 4.78 is 0. The molecular formula is C16H17N3O2. The number of carbonyl (C=O) groups excluding carboxylic acids is 1. The van der Waals surface area contributed by atoms with Gasteiger partial charge in [0.25, 0.3) is 5.91 Å². The second kappa shape index (κ2) is 6.74. The fraction of sp³-hybridized carbons (Fsp3) is 0.250. The minimum Gasteiger partial charge on any atom is -0.345 e. The molecule has 0 aliphatic rings. The first-order valence-corrected chi connectivity index (χ1v) is 6.80. The molecule has 1 unspecified atom stereocenters. The third kappa shape index (κ3) is 3.51. The van der Waals surface area contributed by atoms with Crippen LogP contribution < -0.4 is 5.32 Å². The molecule has 0 aliphatic carbocycles. The number of hydrogen-bond acceptors (Lipinski definition) is 4. The average molecular weight is 283 g/mol. The fourth-order valence-electron chi connectivity index (χ4n) is 2.15. The van der Waals surface area contributed by atoms with Crippen LogP contribution in [0.15, 0.2) is 47.9 Å². The molecule has 2 aromatic rings. The summed E-state index contributed by atoms with van der Waals surface area (Å²) in [6.45, 7) is 3.84. The van der Waals surface area contributed by atoms with Gasteiger partial charge in [0.2, 0.25) is 0 Å². The monoisotopic (exact) mass is 283 g/mol. The van der Waals surface area contributed by atoms with E-state index in [9.17, 15) is 9.70 Å². The maximum atomic E-state index is 12.4.